The zero-order valence-electron chi connectivity index (χ0n) is 31.7. The van der Waals surface area contributed by atoms with Gasteiger partial charge in [0.25, 0.3) is 17.7 Å². The summed E-state index contributed by atoms with van der Waals surface area (Å²) in [5, 5.41) is 22.4. The number of ether oxygens (including phenoxy) is 3. The summed E-state index contributed by atoms with van der Waals surface area (Å²) >= 11 is 0. The highest BCUT2D eigenvalue weighted by molar-refractivity contribution is 6.24. The highest BCUT2D eigenvalue weighted by Gasteiger charge is 2.45. The van der Waals surface area contributed by atoms with Gasteiger partial charge in [-0.3, -0.25) is 34.2 Å². The maximum Gasteiger partial charge on any atom is 0.262 e. The fraction of sp³-hybridized carbons (Fsp3) is 0.425. The number of nitrogens with one attached hydrogen (secondary N) is 3. The number of carbonyl (C=O) groups is 5. The summed E-state index contributed by atoms with van der Waals surface area (Å²) in [7, 11) is 0. The van der Waals surface area contributed by atoms with Crippen molar-refractivity contribution < 1.29 is 42.6 Å². The number of nitriles is 1. The van der Waals surface area contributed by atoms with Crippen LogP contribution in [0.1, 0.15) is 81.2 Å². The molecule has 2 fully saturated rings. The molecule has 58 heavy (non-hydrogen) atoms. The van der Waals surface area contributed by atoms with Crippen LogP contribution in [0, 0.1) is 11.3 Å². The quantitative estimate of drug-likeness (QED) is 0.0920. The van der Waals surface area contributed by atoms with Crippen LogP contribution >= 0.6 is 0 Å². The van der Waals surface area contributed by atoms with Gasteiger partial charge in [0.05, 0.1) is 73.2 Å². The van der Waals surface area contributed by atoms with Crippen molar-refractivity contribution >= 4 is 46.3 Å². The molecular weight excluding hydrogens is 753 g/mol. The zero-order valence-corrected chi connectivity index (χ0v) is 31.7. The summed E-state index contributed by atoms with van der Waals surface area (Å²) in [5.41, 5.74) is 2.93. The second kappa shape index (κ2) is 18.0. The number of carbonyl (C=O) groups excluding carboxylic acids is 5. The van der Waals surface area contributed by atoms with Gasteiger partial charge in [-0.25, -0.2) is 14.4 Å². The highest BCUT2D eigenvalue weighted by Crippen LogP contribution is 2.31. The molecule has 0 spiro atoms. The molecule has 302 valence electrons. The fourth-order valence-corrected chi connectivity index (χ4v) is 6.79. The van der Waals surface area contributed by atoms with Gasteiger partial charge in [-0.1, -0.05) is 12.1 Å². The molecule has 18 heteroatoms. The molecule has 1 aliphatic carbocycles. The molecular formula is C40H42FN9O8. The van der Waals surface area contributed by atoms with Crippen molar-refractivity contribution in [1.82, 2.24) is 35.3 Å². The molecule has 0 radical (unpaired) electrons. The third kappa shape index (κ3) is 9.01. The maximum atomic E-state index is 15.0. The van der Waals surface area contributed by atoms with E-state index in [1.54, 1.807) is 43.5 Å². The number of imide groups is 2. The molecule has 3 N–H and O–H groups in total. The Balaban J connectivity index is 0.789. The number of hydrogen-bond acceptors (Lipinski definition) is 13. The number of piperidine rings is 1. The lowest BCUT2D eigenvalue weighted by atomic mass is 9.99. The first kappa shape index (κ1) is 40.1. The maximum absolute atomic E-state index is 15.0. The summed E-state index contributed by atoms with van der Waals surface area (Å²) in [6.45, 7) is 2.59. The Bertz CT molecular complexity index is 2270. The minimum atomic E-state index is -1.49. The van der Waals surface area contributed by atoms with Crippen molar-refractivity contribution in [2.24, 2.45) is 0 Å². The smallest absolute Gasteiger partial charge is 0.262 e. The van der Waals surface area contributed by atoms with Gasteiger partial charge in [0.15, 0.2) is 11.5 Å². The monoisotopic (exact) mass is 795 g/mol. The largest absolute Gasteiger partial charge is 0.382 e. The Hall–Kier alpha value is -6.16. The van der Waals surface area contributed by atoms with Gasteiger partial charge in [-0.2, -0.15) is 15.0 Å². The number of anilines is 1. The van der Waals surface area contributed by atoms with E-state index in [0.717, 1.165) is 17.7 Å². The molecule has 3 aliphatic rings. The lowest BCUT2D eigenvalue weighted by Crippen LogP contribution is -2.54. The molecule has 3 aromatic heterocycles. The molecule has 5 heterocycles. The number of pyridine rings is 2. The van der Waals surface area contributed by atoms with Crippen LogP contribution in [0.3, 0.4) is 0 Å². The predicted octanol–water partition coefficient (Wildman–Crippen LogP) is 2.80. The third-order valence-corrected chi connectivity index (χ3v) is 10.1. The average molecular weight is 796 g/mol. The van der Waals surface area contributed by atoms with E-state index in [2.05, 4.69) is 37.1 Å². The summed E-state index contributed by atoms with van der Waals surface area (Å²) in [6.07, 6.45) is 5.27. The van der Waals surface area contributed by atoms with Crippen molar-refractivity contribution in [1.29, 1.82) is 5.26 Å². The summed E-state index contributed by atoms with van der Waals surface area (Å²) in [4.78, 5) is 73.1. The molecule has 5 amide bonds. The Kier molecular flexibility index (Phi) is 12.4. The van der Waals surface area contributed by atoms with Crippen LogP contribution in [0.25, 0.3) is 16.9 Å². The van der Waals surface area contributed by atoms with E-state index in [9.17, 15) is 29.2 Å². The number of amides is 5. The molecule has 4 aromatic rings. The summed E-state index contributed by atoms with van der Waals surface area (Å²) < 4.78 is 33.4. The van der Waals surface area contributed by atoms with E-state index >= 15 is 4.39 Å². The fourth-order valence-electron chi connectivity index (χ4n) is 6.79. The van der Waals surface area contributed by atoms with Gasteiger partial charge in [-0.15, -0.1) is 0 Å². The van der Waals surface area contributed by atoms with Gasteiger partial charge in [0.1, 0.15) is 18.3 Å². The number of benzene rings is 1. The Morgan fingerprint density at radius 1 is 1.02 bits per heavy atom. The number of nitrogens with zero attached hydrogens (tertiary/aromatic N) is 6. The van der Waals surface area contributed by atoms with Crippen molar-refractivity contribution in [3.8, 4) is 11.9 Å². The first-order valence-corrected chi connectivity index (χ1v) is 19.2. The van der Waals surface area contributed by atoms with E-state index in [0.29, 0.717) is 59.7 Å². The predicted molar refractivity (Wildman–Crippen MR) is 204 cm³/mol. The molecule has 0 bridgehead atoms. The number of aromatic nitrogens is 4. The SMILES string of the molecule is CC(OCCOCCOCCCc1cccc2c1C(=O)N(C1CCC(=O)NC1=O)C2=O)C(F)CNC(=O)c1cnc(-n2ncc3cc(C#N)cnc32)cc1NC1CC1. The van der Waals surface area contributed by atoms with Crippen LogP contribution in [0.5, 0.6) is 0 Å². The molecule has 1 aromatic carbocycles. The van der Waals surface area contributed by atoms with E-state index in [4.69, 9.17) is 14.2 Å². The molecule has 7 rings (SSSR count). The van der Waals surface area contributed by atoms with Crippen LogP contribution in [0.15, 0.2) is 48.9 Å². The average Bonchev–Trinajstić information content (AvgIpc) is 3.88. The van der Waals surface area contributed by atoms with E-state index in [-0.39, 0.29) is 61.9 Å². The van der Waals surface area contributed by atoms with Crippen LogP contribution in [-0.2, 0) is 30.2 Å². The number of hydrogen-bond donors (Lipinski definition) is 3. The van der Waals surface area contributed by atoms with Gasteiger partial charge in [0.2, 0.25) is 11.8 Å². The standard InChI is InChI=1S/C40H42FN9O8/c1-23(30(41)22-45-37(52)29-21-43-33(17-31(29)47-27-7-8-27)50-36-26(20-46-50)16-24(18-42)19-44-36)58-15-14-57-13-12-56-11-3-5-25-4-2-6-28-35(25)40(55)49(39(28)54)32-9-10-34(51)48-38(32)53/h2,4,6,16-17,19-21,23,27,30,32H,3,5,7-15,22H2,1H3,(H,43,47)(H,45,52)(H,48,51,53). The Labute approximate surface area is 332 Å². The van der Waals surface area contributed by atoms with Crippen molar-refractivity contribution in [2.45, 2.75) is 69.8 Å². The van der Waals surface area contributed by atoms with Crippen LogP contribution in [0.2, 0.25) is 0 Å². The zero-order chi connectivity index (χ0) is 40.8. The van der Waals surface area contributed by atoms with Gasteiger partial charge in [-0.05, 0) is 56.7 Å². The van der Waals surface area contributed by atoms with Crippen molar-refractivity contribution in [3.63, 3.8) is 0 Å². The number of alkyl halides is 1. The second-order valence-corrected chi connectivity index (χ2v) is 14.2. The highest BCUT2D eigenvalue weighted by atomic mass is 19.1. The van der Waals surface area contributed by atoms with Crippen LogP contribution in [-0.4, -0.2) is 118 Å². The van der Waals surface area contributed by atoms with E-state index < -0.39 is 47.9 Å². The first-order chi connectivity index (χ1) is 28.1. The lowest BCUT2D eigenvalue weighted by molar-refractivity contribution is -0.136. The van der Waals surface area contributed by atoms with Gasteiger partial charge in [0, 0.05) is 42.9 Å². The van der Waals surface area contributed by atoms with Crippen molar-refractivity contribution in [2.75, 3.05) is 44.9 Å². The summed E-state index contributed by atoms with van der Waals surface area (Å²) in [5.74, 6) is -2.21. The van der Waals surface area contributed by atoms with E-state index in [1.165, 1.54) is 17.1 Å². The third-order valence-electron chi connectivity index (χ3n) is 10.1. The number of rotatable bonds is 19. The summed E-state index contributed by atoms with van der Waals surface area (Å²) in [6, 6.07) is 9.68. The molecule has 1 saturated carbocycles. The second-order valence-electron chi connectivity index (χ2n) is 14.2. The number of fused-ring (bicyclic) bond motifs is 2. The number of halogens is 1. The Morgan fingerprint density at radius 2 is 1.81 bits per heavy atom. The number of aryl methyl sites for hydroxylation is 1. The van der Waals surface area contributed by atoms with Gasteiger partial charge < -0.3 is 24.8 Å². The van der Waals surface area contributed by atoms with Crippen LogP contribution in [0.4, 0.5) is 10.1 Å². The van der Waals surface area contributed by atoms with Gasteiger partial charge >= 0.3 is 0 Å². The van der Waals surface area contributed by atoms with E-state index in [1.807, 2.05) is 0 Å². The Morgan fingerprint density at radius 3 is 2.59 bits per heavy atom. The normalized spacial score (nSPS) is 17.5. The molecule has 2 aliphatic heterocycles. The first-order valence-electron chi connectivity index (χ1n) is 19.2. The van der Waals surface area contributed by atoms with Crippen molar-refractivity contribution in [3.05, 3.63) is 76.7 Å². The van der Waals surface area contributed by atoms with Crippen LogP contribution < -0.4 is 16.0 Å². The topological polar surface area (TPSA) is 220 Å². The lowest BCUT2D eigenvalue weighted by Gasteiger charge is -2.27. The minimum absolute atomic E-state index is 0.0542. The molecule has 3 unspecified atom stereocenters. The molecule has 1 saturated heterocycles. The molecule has 3 atom stereocenters. The minimum Gasteiger partial charge on any atom is -0.382 e. The molecule has 17 nitrogen and oxygen atoms in total.